The zero-order valence-electron chi connectivity index (χ0n) is 18.0. The second-order valence-corrected chi connectivity index (χ2v) is 11.1. The molecule has 1 aromatic heterocycles. The lowest BCUT2D eigenvalue weighted by molar-refractivity contribution is -0.113. The minimum atomic E-state index is -0.106. The summed E-state index contributed by atoms with van der Waals surface area (Å²) in [5.74, 6) is -0.106. The second kappa shape index (κ2) is 9.80. The van der Waals surface area contributed by atoms with E-state index in [9.17, 15) is 4.79 Å². The first-order valence-electron chi connectivity index (χ1n) is 10.4. The van der Waals surface area contributed by atoms with Crippen molar-refractivity contribution in [3.8, 4) is 0 Å². The molecule has 2 heterocycles. The monoisotopic (exact) mass is 540 g/mol. The van der Waals surface area contributed by atoms with Gasteiger partial charge in [-0.3, -0.25) is 9.69 Å². The summed E-state index contributed by atoms with van der Waals surface area (Å²) in [6.45, 7) is 0.590. The van der Waals surface area contributed by atoms with Crippen LogP contribution in [0.4, 0.5) is 5.69 Å². The van der Waals surface area contributed by atoms with Gasteiger partial charge in [0.25, 0.3) is 5.91 Å². The molecule has 1 saturated heterocycles. The first-order chi connectivity index (χ1) is 16.4. The van der Waals surface area contributed by atoms with Gasteiger partial charge in [-0.15, -0.1) is 11.8 Å². The van der Waals surface area contributed by atoms with E-state index in [-0.39, 0.29) is 5.91 Å². The Morgan fingerprint density at radius 3 is 2.68 bits per heavy atom. The molecule has 0 atom stereocenters. The lowest BCUT2D eigenvalue weighted by Gasteiger charge is -2.15. The maximum Gasteiger partial charge on any atom is 0.270 e. The Hall–Kier alpha value is -2.22. The van der Waals surface area contributed by atoms with Gasteiger partial charge in [0.2, 0.25) is 0 Å². The fourth-order valence-electron chi connectivity index (χ4n) is 3.94. The van der Waals surface area contributed by atoms with Crippen LogP contribution in [-0.2, 0) is 11.3 Å². The summed E-state index contributed by atoms with van der Waals surface area (Å²) in [7, 11) is 0. The Labute approximate surface area is 221 Å². The van der Waals surface area contributed by atoms with Crippen molar-refractivity contribution in [2.75, 3.05) is 11.2 Å². The molecule has 1 amide bonds. The molecule has 4 aromatic rings. The highest BCUT2D eigenvalue weighted by atomic mass is 35.5. The van der Waals surface area contributed by atoms with Gasteiger partial charge in [0.05, 0.1) is 10.6 Å². The number of nitrogens with zero attached hydrogens (tertiary/aromatic N) is 2. The third-order valence-corrected chi connectivity index (χ3v) is 8.18. The number of benzene rings is 3. The van der Waals surface area contributed by atoms with Crippen LogP contribution in [0.2, 0.25) is 10.0 Å². The molecule has 0 unspecified atom stereocenters. The van der Waals surface area contributed by atoms with Crippen LogP contribution in [0.3, 0.4) is 0 Å². The topological polar surface area (TPSA) is 25.2 Å². The normalized spacial score (nSPS) is 15.1. The highest BCUT2D eigenvalue weighted by Gasteiger charge is 2.33. The highest BCUT2D eigenvalue weighted by Crippen LogP contribution is 2.38. The number of halogens is 2. The van der Waals surface area contributed by atoms with Gasteiger partial charge in [0.15, 0.2) is 4.32 Å². The number of thiocarbonyl (C=S) groups is 1. The van der Waals surface area contributed by atoms with Crippen molar-refractivity contribution in [3.63, 3.8) is 0 Å². The first-order valence-corrected chi connectivity index (χ1v) is 13.6. The summed E-state index contributed by atoms with van der Waals surface area (Å²) in [5, 5.41) is 2.29. The summed E-state index contributed by atoms with van der Waals surface area (Å²) in [5.41, 5.74) is 3.78. The number of hydrogen-bond acceptors (Lipinski definition) is 4. The molecule has 0 spiro atoms. The molecule has 0 saturated carbocycles. The maximum absolute atomic E-state index is 13.3. The average Bonchev–Trinajstić information content (AvgIpc) is 3.32. The summed E-state index contributed by atoms with van der Waals surface area (Å²) >= 11 is 21.0. The molecule has 170 valence electrons. The number of carbonyl (C=O) groups excluding carboxylic acids is 1. The average molecular weight is 542 g/mol. The molecule has 3 nitrogen and oxygen atoms in total. The van der Waals surface area contributed by atoms with E-state index >= 15 is 0 Å². The summed E-state index contributed by atoms with van der Waals surface area (Å²) in [6, 6.07) is 21.5. The standard InChI is InChI=1S/C26H18Cl2N2OS3/c1-33-20-6-4-5-19(13-20)30-25(31)24(34-26(30)32)11-17-15-29(23-8-3-2-7-21(17)23)14-16-9-10-18(27)12-22(16)28/h2-13,15H,14H2,1H3/b24-11+. The Balaban J connectivity index is 1.52. The highest BCUT2D eigenvalue weighted by molar-refractivity contribution is 8.27. The van der Waals surface area contributed by atoms with E-state index in [2.05, 4.69) is 22.9 Å². The number of hydrogen-bond donors (Lipinski definition) is 0. The van der Waals surface area contributed by atoms with E-state index in [0.717, 1.165) is 32.6 Å². The Morgan fingerprint density at radius 2 is 1.88 bits per heavy atom. The number of fused-ring (bicyclic) bond motifs is 1. The van der Waals surface area contributed by atoms with Gasteiger partial charge in [-0.1, -0.05) is 77.5 Å². The fraction of sp³-hybridized carbons (Fsp3) is 0.0769. The summed E-state index contributed by atoms with van der Waals surface area (Å²) in [4.78, 5) is 16.6. The zero-order valence-corrected chi connectivity index (χ0v) is 22.0. The number of thioether (sulfide) groups is 2. The van der Waals surface area contributed by atoms with Crippen molar-refractivity contribution >= 4 is 91.8 Å². The summed E-state index contributed by atoms with van der Waals surface area (Å²) in [6.07, 6.45) is 5.99. The molecular weight excluding hydrogens is 523 g/mol. The smallest absolute Gasteiger partial charge is 0.270 e. The number of rotatable bonds is 5. The van der Waals surface area contributed by atoms with Gasteiger partial charge < -0.3 is 4.57 Å². The van der Waals surface area contributed by atoms with E-state index in [4.69, 9.17) is 35.4 Å². The van der Waals surface area contributed by atoms with Crippen LogP contribution in [0.1, 0.15) is 11.1 Å². The molecule has 0 N–H and O–H groups in total. The molecule has 1 fully saturated rings. The lowest BCUT2D eigenvalue weighted by atomic mass is 10.1. The van der Waals surface area contributed by atoms with Crippen molar-refractivity contribution < 1.29 is 4.79 Å². The van der Waals surface area contributed by atoms with Crippen molar-refractivity contribution in [3.05, 3.63) is 99.0 Å². The number of carbonyl (C=O) groups is 1. The van der Waals surface area contributed by atoms with E-state index in [1.54, 1.807) is 22.7 Å². The van der Waals surface area contributed by atoms with Crippen LogP contribution >= 0.6 is 58.9 Å². The van der Waals surface area contributed by atoms with Crippen molar-refractivity contribution in [2.45, 2.75) is 11.4 Å². The molecule has 34 heavy (non-hydrogen) atoms. The number of anilines is 1. The number of aromatic nitrogens is 1. The van der Waals surface area contributed by atoms with E-state index < -0.39 is 0 Å². The Morgan fingerprint density at radius 1 is 1.06 bits per heavy atom. The largest absolute Gasteiger partial charge is 0.342 e. The van der Waals surface area contributed by atoms with Crippen LogP contribution < -0.4 is 4.90 Å². The van der Waals surface area contributed by atoms with Gasteiger partial charge in [-0.2, -0.15) is 0 Å². The molecule has 1 aliphatic heterocycles. The van der Waals surface area contributed by atoms with Gasteiger partial charge in [0, 0.05) is 44.1 Å². The van der Waals surface area contributed by atoms with Crippen molar-refractivity contribution in [1.82, 2.24) is 4.57 Å². The quantitative estimate of drug-likeness (QED) is 0.145. The molecular formula is C26H18Cl2N2OS3. The molecule has 0 aliphatic carbocycles. The predicted octanol–water partition coefficient (Wildman–Crippen LogP) is 8.12. The van der Waals surface area contributed by atoms with Gasteiger partial charge in [-0.05, 0) is 54.3 Å². The van der Waals surface area contributed by atoms with Crippen LogP contribution in [0.5, 0.6) is 0 Å². The van der Waals surface area contributed by atoms with Crippen molar-refractivity contribution in [2.24, 2.45) is 0 Å². The molecule has 8 heteroatoms. The number of para-hydroxylation sites is 1. The van der Waals surface area contributed by atoms with Gasteiger partial charge >= 0.3 is 0 Å². The molecule has 3 aromatic carbocycles. The second-order valence-electron chi connectivity index (χ2n) is 7.68. The summed E-state index contributed by atoms with van der Waals surface area (Å²) < 4.78 is 2.67. The lowest BCUT2D eigenvalue weighted by Crippen LogP contribution is -2.27. The predicted molar refractivity (Wildman–Crippen MR) is 151 cm³/mol. The van der Waals surface area contributed by atoms with Crippen molar-refractivity contribution in [1.29, 1.82) is 0 Å². The minimum absolute atomic E-state index is 0.106. The molecule has 1 aliphatic rings. The minimum Gasteiger partial charge on any atom is -0.342 e. The first kappa shape index (κ1) is 23.5. The van der Waals surface area contributed by atoms with E-state index in [1.165, 1.54) is 11.8 Å². The van der Waals surface area contributed by atoms with Crippen LogP contribution in [0, 0.1) is 0 Å². The van der Waals surface area contributed by atoms with Crippen LogP contribution in [0.25, 0.3) is 17.0 Å². The van der Waals surface area contributed by atoms with E-state index in [1.807, 2.05) is 60.9 Å². The van der Waals surface area contributed by atoms with E-state index in [0.29, 0.717) is 25.8 Å². The molecule has 5 rings (SSSR count). The van der Waals surface area contributed by atoms with Crippen LogP contribution in [-0.4, -0.2) is 21.1 Å². The third kappa shape index (κ3) is 4.53. The SMILES string of the molecule is CSc1cccc(N2C(=O)/C(=C\c3cn(Cc4ccc(Cl)cc4Cl)c4ccccc34)SC2=S)c1. The fourth-order valence-corrected chi connectivity index (χ4v) is 6.15. The Bertz CT molecular complexity index is 1480. The zero-order chi connectivity index (χ0) is 23.8. The number of amides is 1. The maximum atomic E-state index is 13.3. The Kier molecular flexibility index (Phi) is 6.78. The third-order valence-electron chi connectivity index (χ3n) is 5.57. The van der Waals surface area contributed by atoms with Gasteiger partial charge in [-0.25, -0.2) is 0 Å². The van der Waals surface area contributed by atoms with Gasteiger partial charge in [0.1, 0.15) is 0 Å². The van der Waals surface area contributed by atoms with Crippen LogP contribution in [0.15, 0.2) is 82.7 Å². The molecule has 0 radical (unpaired) electrons. The molecule has 0 bridgehead atoms.